The minimum Gasteiger partial charge on any atom is -0.425 e. The molecule has 92 valence electrons. The first-order valence-corrected chi connectivity index (χ1v) is 6.01. The second kappa shape index (κ2) is 5.32. The Morgan fingerprint density at radius 1 is 1.35 bits per heavy atom. The van der Waals surface area contributed by atoms with Gasteiger partial charge in [-0.2, -0.15) is 0 Å². The minimum absolute atomic E-state index is 0.0455. The van der Waals surface area contributed by atoms with Crippen molar-refractivity contribution in [1.29, 1.82) is 0 Å². The van der Waals surface area contributed by atoms with E-state index in [-0.39, 0.29) is 12.6 Å². The zero-order valence-corrected chi connectivity index (χ0v) is 10.4. The Labute approximate surface area is 102 Å². The number of hydrogen-bond donors (Lipinski definition) is 0. The van der Waals surface area contributed by atoms with Gasteiger partial charge >= 0.3 is 5.97 Å². The Bertz CT molecular complexity index is 408. The first-order valence-electron chi connectivity index (χ1n) is 6.01. The molecule has 2 rings (SSSR count). The average Bonchev–Trinajstić information content (AvgIpc) is 3.06. The Balaban J connectivity index is 1.79. The molecule has 0 amide bonds. The van der Waals surface area contributed by atoms with E-state index in [9.17, 15) is 4.79 Å². The molecule has 1 fully saturated rings. The molecule has 0 aliphatic heterocycles. The highest BCUT2D eigenvalue weighted by molar-refractivity contribution is 5.74. The van der Waals surface area contributed by atoms with Gasteiger partial charge in [-0.05, 0) is 44.2 Å². The smallest absolute Gasteiger partial charge is 0.337 e. The first-order chi connectivity index (χ1) is 8.15. The van der Waals surface area contributed by atoms with Gasteiger partial charge < -0.3 is 9.47 Å². The van der Waals surface area contributed by atoms with Crippen LogP contribution >= 0.6 is 0 Å². The molecule has 0 atom stereocenters. The van der Waals surface area contributed by atoms with Crippen molar-refractivity contribution in [2.24, 2.45) is 5.92 Å². The lowest BCUT2D eigenvalue weighted by molar-refractivity contribution is -0.139. The quantitative estimate of drug-likeness (QED) is 0.580. The highest BCUT2D eigenvalue weighted by atomic mass is 16.6. The van der Waals surface area contributed by atoms with Crippen molar-refractivity contribution in [2.45, 2.75) is 26.7 Å². The number of esters is 1. The maximum absolute atomic E-state index is 11.5. The first kappa shape index (κ1) is 12.1. The lowest BCUT2D eigenvalue weighted by atomic mass is 10.1. The van der Waals surface area contributed by atoms with Crippen LogP contribution in [0.1, 0.15) is 24.0 Å². The number of rotatable bonds is 5. The van der Waals surface area contributed by atoms with Crippen molar-refractivity contribution in [3.63, 3.8) is 0 Å². The molecule has 3 heteroatoms. The van der Waals surface area contributed by atoms with Gasteiger partial charge in [0.25, 0.3) is 0 Å². The molecule has 0 radical (unpaired) electrons. The summed E-state index contributed by atoms with van der Waals surface area (Å²) in [7, 11) is 0. The second-order valence-corrected chi connectivity index (χ2v) is 4.70. The van der Waals surface area contributed by atoms with Crippen LogP contribution in [0.15, 0.2) is 18.2 Å². The fourth-order valence-electron chi connectivity index (χ4n) is 1.66. The topological polar surface area (TPSA) is 35.5 Å². The van der Waals surface area contributed by atoms with E-state index in [1.54, 1.807) is 0 Å². The van der Waals surface area contributed by atoms with Gasteiger partial charge in [-0.3, -0.25) is 0 Å². The van der Waals surface area contributed by atoms with Crippen molar-refractivity contribution in [3.8, 4) is 5.75 Å². The van der Waals surface area contributed by atoms with Crippen LogP contribution in [0.25, 0.3) is 0 Å². The number of carbonyl (C=O) groups is 1. The minimum atomic E-state index is -0.322. The maximum atomic E-state index is 11.5. The third-order valence-electron chi connectivity index (χ3n) is 2.82. The summed E-state index contributed by atoms with van der Waals surface area (Å²) in [6.45, 7) is 4.67. The number of ether oxygens (including phenoxy) is 2. The van der Waals surface area contributed by atoms with Crippen molar-refractivity contribution in [3.05, 3.63) is 29.3 Å². The summed E-state index contributed by atoms with van der Waals surface area (Å²) < 4.78 is 10.5. The Kier molecular flexibility index (Phi) is 3.79. The Morgan fingerprint density at radius 3 is 2.76 bits per heavy atom. The molecule has 0 heterocycles. The van der Waals surface area contributed by atoms with Crippen molar-refractivity contribution < 1.29 is 14.3 Å². The van der Waals surface area contributed by atoms with Crippen molar-refractivity contribution >= 4 is 5.97 Å². The largest absolute Gasteiger partial charge is 0.425 e. The van der Waals surface area contributed by atoms with E-state index in [0.29, 0.717) is 18.3 Å². The van der Waals surface area contributed by atoms with E-state index in [1.807, 2.05) is 32.0 Å². The van der Waals surface area contributed by atoms with Gasteiger partial charge in [0.05, 0.1) is 6.61 Å². The van der Waals surface area contributed by atoms with E-state index in [0.717, 1.165) is 11.1 Å². The zero-order valence-electron chi connectivity index (χ0n) is 10.4. The molecule has 0 aromatic heterocycles. The summed E-state index contributed by atoms with van der Waals surface area (Å²) in [6, 6.07) is 5.75. The molecule has 0 spiro atoms. The normalized spacial score (nSPS) is 14.7. The predicted octanol–water partition coefficient (Wildman–Crippen LogP) is 2.64. The summed E-state index contributed by atoms with van der Waals surface area (Å²) in [5.41, 5.74) is 2.13. The molecule has 1 saturated carbocycles. The van der Waals surface area contributed by atoms with Crippen LogP contribution in [-0.4, -0.2) is 19.2 Å². The third-order valence-corrected chi connectivity index (χ3v) is 2.82. The summed E-state index contributed by atoms with van der Waals surface area (Å²) in [5, 5.41) is 0. The van der Waals surface area contributed by atoms with Crippen molar-refractivity contribution in [1.82, 2.24) is 0 Å². The molecule has 1 aliphatic carbocycles. The van der Waals surface area contributed by atoms with Gasteiger partial charge in [-0.15, -0.1) is 0 Å². The van der Waals surface area contributed by atoms with Crippen LogP contribution in [0, 0.1) is 19.8 Å². The van der Waals surface area contributed by atoms with Crippen LogP contribution in [0.3, 0.4) is 0 Å². The van der Waals surface area contributed by atoms with Crippen LogP contribution in [0.2, 0.25) is 0 Å². The summed E-state index contributed by atoms with van der Waals surface area (Å²) in [5.74, 6) is 0.970. The van der Waals surface area contributed by atoms with E-state index >= 15 is 0 Å². The lowest BCUT2D eigenvalue weighted by Gasteiger charge is -2.08. The Hall–Kier alpha value is -1.35. The van der Waals surface area contributed by atoms with E-state index in [4.69, 9.17) is 9.47 Å². The van der Waals surface area contributed by atoms with E-state index in [2.05, 4.69) is 0 Å². The third kappa shape index (κ3) is 3.86. The maximum Gasteiger partial charge on any atom is 0.337 e. The van der Waals surface area contributed by atoms with Gasteiger partial charge in [0.1, 0.15) is 12.4 Å². The fourth-order valence-corrected chi connectivity index (χ4v) is 1.66. The number of benzene rings is 1. The van der Waals surface area contributed by atoms with Gasteiger partial charge in [0, 0.05) is 0 Å². The van der Waals surface area contributed by atoms with Gasteiger partial charge in [-0.25, -0.2) is 4.79 Å². The number of carbonyl (C=O) groups excluding carboxylic acids is 1. The van der Waals surface area contributed by atoms with Crippen molar-refractivity contribution in [2.75, 3.05) is 13.2 Å². The zero-order chi connectivity index (χ0) is 12.3. The number of hydrogen-bond acceptors (Lipinski definition) is 3. The SMILES string of the molecule is Cc1ccc(OC(=O)COCC2CC2)c(C)c1. The van der Waals surface area contributed by atoms with Gasteiger partial charge in [-0.1, -0.05) is 17.7 Å². The monoisotopic (exact) mass is 234 g/mol. The molecule has 0 bridgehead atoms. The molecular formula is C14H18O3. The molecule has 3 nitrogen and oxygen atoms in total. The van der Waals surface area contributed by atoms with Gasteiger partial charge in [0.15, 0.2) is 0 Å². The highest BCUT2D eigenvalue weighted by Crippen LogP contribution is 2.28. The summed E-state index contributed by atoms with van der Waals surface area (Å²) in [6.07, 6.45) is 2.46. The van der Waals surface area contributed by atoms with Gasteiger partial charge in [0.2, 0.25) is 0 Å². The van der Waals surface area contributed by atoms with Crippen LogP contribution < -0.4 is 4.74 Å². The number of aryl methyl sites for hydroxylation is 2. The molecule has 1 aromatic carbocycles. The van der Waals surface area contributed by atoms with Crippen LogP contribution in [0.4, 0.5) is 0 Å². The molecule has 0 saturated heterocycles. The Morgan fingerprint density at radius 2 is 2.12 bits per heavy atom. The average molecular weight is 234 g/mol. The summed E-state index contributed by atoms with van der Waals surface area (Å²) >= 11 is 0. The van der Waals surface area contributed by atoms with E-state index in [1.165, 1.54) is 12.8 Å². The predicted molar refractivity (Wildman–Crippen MR) is 65.1 cm³/mol. The molecule has 0 unspecified atom stereocenters. The summed E-state index contributed by atoms with van der Waals surface area (Å²) in [4.78, 5) is 11.5. The molecule has 17 heavy (non-hydrogen) atoms. The lowest BCUT2D eigenvalue weighted by Crippen LogP contribution is -2.17. The van der Waals surface area contributed by atoms with Crippen LogP contribution in [-0.2, 0) is 9.53 Å². The molecule has 0 N–H and O–H groups in total. The van der Waals surface area contributed by atoms with Crippen LogP contribution in [0.5, 0.6) is 5.75 Å². The standard InChI is InChI=1S/C14H18O3/c1-10-3-6-13(11(2)7-10)17-14(15)9-16-8-12-4-5-12/h3,6-7,12H,4-5,8-9H2,1-2H3. The molecule has 1 aliphatic rings. The fraction of sp³-hybridized carbons (Fsp3) is 0.500. The highest BCUT2D eigenvalue weighted by Gasteiger charge is 2.21. The molecular weight excluding hydrogens is 216 g/mol. The molecule has 1 aromatic rings. The van der Waals surface area contributed by atoms with E-state index < -0.39 is 0 Å². The second-order valence-electron chi connectivity index (χ2n) is 4.70.